The molecule has 0 aliphatic rings. The van der Waals surface area contributed by atoms with E-state index in [-0.39, 0.29) is 5.38 Å². The largest absolute Gasteiger partial charge is 0.309 e. The average Bonchev–Trinajstić information content (AvgIpc) is 2.41. The molecule has 0 fully saturated rings. The molecule has 1 unspecified atom stereocenters. The molecule has 1 N–H and O–H groups in total. The van der Waals surface area contributed by atoms with Crippen molar-refractivity contribution < 1.29 is 0 Å². The Morgan fingerprint density at radius 1 is 1.06 bits per heavy atom. The summed E-state index contributed by atoms with van der Waals surface area (Å²) in [7, 11) is 0. The third kappa shape index (κ3) is 3.84. The molecule has 0 radical (unpaired) electrons. The van der Waals surface area contributed by atoms with Gasteiger partial charge in [-0.15, -0.1) is 11.6 Å². The van der Waals surface area contributed by atoms with Gasteiger partial charge >= 0.3 is 0 Å². The van der Waals surface area contributed by atoms with Gasteiger partial charge in [0.25, 0.3) is 0 Å². The van der Waals surface area contributed by atoms with Crippen LogP contribution in [0.2, 0.25) is 0 Å². The molecule has 1 heterocycles. The maximum absolute atomic E-state index is 6.29. The van der Waals surface area contributed by atoms with Gasteiger partial charge in [-0.2, -0.15) is 0 Å². The van der Waals surface area contributed by atoms with Crippen molar-refractivity contribution in [3.63, 3.8) is 0 Å². The first kappa shape index (κ1) is 12.1. The Hall–Kier alpha value is -1.38. The number of pyridine rings is 1. The van der Waals surface area contributed by atoms with Crippen LogP contribution in [0.4, 0.5) is 0 Å². The summed E-state index contributed by atoms with van der Waals surface area (Å²) in [6, 6.07) is 16.0. The second-order valence-electron chi connectivity index (χ2n) is 3.83. The van der Waals surface area contributed by atoms with Crippen LogP contribution in [-0.2, 0) is 6.54 Å². The molecule has 1 aromatic carbocycles. The molecule has 0 aliphatic heterocycles. The Kier molecular flexibility index (Phi) is 4.54. The van der Waals surface area contributed by atoms with Gasteiger partial charge in [0.15, 0.2) is 0 Å². The zero-order valence-corrected chi connectivity index (χ0v) is 10.3. The fourth-order valence-corrected chi connectivity index (χ4v) is 1.86. The highest BCUT2D eigenvalue weighted by Crippen LogP contribution is 2.18. The fourth-order valence-electron chi connectivity index (χ4n) is 1.61. The van der Waals surface area contributed by atoms with Crippen molar-refractivity contribution in [2.24, 2.45) is 0 Å². The van der Waals surface area contributed by atoms with Crippen LogP contribution in [0, 0.1) is 0 Å². The maximum atomic E-state index is 6.29. The molecule has 2 aromatic rings. The van der Waals surface area contributed by atoms with Gasteiger partial charge in [0, 0.05) is 19.3 Å². The Morgan fingerprint density at radius 2 is 1.82 bits per heavy atom. The topological polar surface area (TPSA) is 24.9 Å². The first-order valence-electron chi connectivity index (χ1n) is 5.66. The molecule has 0 aliphatic carbocycles. The van der Waals surface area contributed by atoms with Gasteiger partial charge < -0.3 is 5.32 Å². The number of halogens is 1. The molecule has 2 rings (SSSR count). The molecule has 1 aromatic heterocycles. The molecule has 2 nitrogen and oxygen atoms in total. The van der Waals surface area contributed by atoms with Crippen LogP contribution < -0.4 is 5.32 Å². The summed E-state index contributed by atoms with van der Waals surface area (Å²) in [5.41, 5.74) is 2.17. The van der Waals surface area contributed by atoms with E-state index in [1.165, 1.54) is 0 Å². The molecule has 17 heavy (non-hydrogen) atoms. The monoisotopic (exact) mass is 246 g/mol. The van der Waals surface area contributed by atoms with Crippen molar-refractivity contribution in [1.29, 1.82) is 0 Å². The van der Waals surface area contributed by atoms with Crippen LogP contribution >= 0.6 is 11.6 Å². The first-order chi connectivity index (χ1) is 8.36. The van der Waals surface area contributed by atoms with E-state index in [0.717, 1.165) is 24.3 Å². The molecule has 0 saturated carbocycles. The van der Waals surface area contributed by atoms with Gasteiger partial charge in [-0.25, -0.2) is 0 Å². The van der Waals surface area contributed by atoms with Gasteiger partial charge in [-0.05, 0) is 17.7 Å². The van der Waals surface area contributed by atoms with Crippen LogP contribution in [0.5, 0.6) is 0 Å². The number of nitrogens with zero attached hydrogens (tertiary/aromatic N) is 1. The van der Waals surface area contributed by atoms with E-state index < -0.39 is 0 Å². The summed E-state index contributed by atoms with van der Waals surface area (Å²) in [6.07, 6.45) is 1.80. The van der Waals surface area contributed by atoms with Crippen LogP contribution in [0.25, 0.3) is 0 Å². The molecule has 0 saturated heterocycles. The van der Waals surface area contributed by atoms with Crippen molar-refractivity contribution in [1.82, 2.24) is 10.3 Å². The second-order valence-corrected chi connectivity index (χ2v) is 4.36. The Morgan fingerprint density at radius 3 is 2.53 bits per heavy atom. The summed E-state index contributed by atoms with van der Waals surface area (Å²) in [5, 5.41) is 3.31. The smallest absolute Gasteiger partial charge is 0.0709 e. The minimum Gasteiger partial charge on any atom is -0.309 e. The number of hydrogen-bond donors (Lipinski definition) is 1. The zero-order valence-electron chi connectivity index (χ0n) is 9.51. The number of nitrogens with one attached hydrogen (secondary N) is 1. The fraction of sp³-hybridized carbons (Fsp3) is 0.214. The number of aromatic nitrogens is 1. The lowest BCUT2D eigenvalue weighted by Crippen LogP contribution is -2.19. The van der Waals surface area contributed by atoms with E-state index in [0.29, 0.717) is 0 Å². The second kappa shape index (κ2) is 6.38. The molecular weight excluding hydrogens is 232 g/mol. The number of hydrogen-bond acceptors (Lipinski definition) is 2. The molecule has 0 bridgehead atoms. The van der Waals surface area contributed by atoms with Crippen LogP contribution in [0.3, 0.4) is 0 Å². The van der Waals surface area contributed by atoms with Crippen LogP contribution in [-0.4, -0.2) is 11.5 Å². The van der Waals surface area contributed by atoms with Crippen molar-refractivity contribution in [3.8, 4) is 0 Å². The van der Waals surface area contributed by atoms with E-state index in [4.69, 9.17) is 11.6 Å². The van der Waals surface area contributed by atoms with Crippen LogP contribution in [0.15, 0.2) is 54.7 Å². The lowest BCUT2D eigenvalue weighted by atomic mass is 10.1. The van der Waals surface area contributed by atoms with E-state index in [1.807, 2.05) is 48.5 Å². The molecular formula is C14H15ClN2. The quantitative estimate of drug-likeness (QED) is 0.820. The summed E-state index contributed by atoms with van der Waals surface area (Å²) in [5.74, 6) is 0. The van der Waals surface area contributed by atoms with E-state index >= 15 is 0 Å². The normalized spacial score (nSPS) is 12.3. The highest BCUT2D eigenvalue weighted by molar-refractivity contribution is 6.21. The number of benzene rings is 1. The number of rotatable bonds is 5. The average molecular weight is 247 g/mol. The van der Waals surface area contributed by atoms with Crippen molar-refractivity contribution in [3.05, 3.63) is 66.0 Å². The lowest BCUT2D eigenvalue weighted by molar-refractivity contribution is 0.663. The third-order valence-electron chi connectivity index (χ3n) is 2.52. The van der Waals surface area contributed by atoms with Gasteiger partial charge in [0.1, 0.15) is 0 Å². The van der Waals surface area contributed by atoms with Gasteiger partial charge in [-0.3, -0.25) is 4.98 Å². The maximum Gasteiger partial charge on any atom is 0.0709 e. The first-order valence-corrected chi connectivity index (χ1v) is 6.09. The summed E-state index contributed by atoms with van der Waals surface area (Å²) < 4.78 is 0. The highest BCUT2D eigenvalue weighted by atomic mass is 35.5. The summed E-state index contributed by atoms with van der Waals surface area (Å²) >= 11 is 6.29. The Bertz CT molecular complexity index is 430. The number of alkyl halides is 1. The Balaban J connectivity index is 1.79. The molecule has 88 valence electrons. The Labute approximate surface area is 107 Å². The minimum atomic E-state index is -0.0000813. The molecule has 0 spiro atoms. The molecule has 0 amide bonds. The predicted molar refractivity (Wildman–Crippen MR) is 71.0 cm³/mol. The van der Waals surface area contributed by atoms with E-state index in [1.54, 1.807) is 6.20 Å². The van der Waals surface area contributed by atoms with Crippen molar-refractivity contribution >= 4 is 11.6 Å². The summed E-state index contributed by atoms with van der Waals surface area (Å²) in [4.78, 5) is 4.24. The molecule has 3 heteroatoms. The predicted octanol–water partition coefficient (Wildman–Crippen LogP) is 3.15. The molecule has 1 atom stereocenters. The van der Waals surface area contributed by atoms with Crippen molar-refractivity contribution in [2.75, 3.05) is 6.54 Å². The highest BCUT2D eigenvalue weighted by Gasteiger charge is 2.06. The van der Waals surface area contributed by atoms with Gasteiger partial charge in [0.2, 0.25) is 0 Å². The third-order valence-corrected chi connectivity index (χ3v) is 2.92. The standard InChI is InChI=1S/C14H15ClN2/c15-14(12-6-2-1-3-7-12)11-16-10-13-8-4-5-9-17-13/h1-9,14,16H,10-11H2. The van der Waals surface area contributed by atoms with Crippen LogP contribution in [0.1, 0.15) is 16.6 Å². The van der Waals surface area contributed by atoms with E-state index in [9.17, 15) is 0 Å². The SMILES string of the molecule is ClC(CNCc1ccccn1)c1ccccc1. The van der Waals surface area contributed by atoms with Gasteiger partial charge in [0.05, 0.1) is 11.1 Å². The summed E-state index contributed by atoms with van der Waals surface area (Å²) in [6.45, 7) is 1.49. The van der Waals surface area contributed by atoms with E-state index in [2.05, 4.69) is 10.3 Å². The zero-order chi connectivity index (χ0) is 11.9. The lowest BCUT2D eigenvalue weighted by Gasteiger charge is -2.10. The minimum absolute atomic E-state index is 0.0000813. The van der Waals surface area contributed by atoms with Gasteiger partial charge in [-0.1, -0.05) is 36.4 Å². The van der Waals surface area contributed by atoms with Crippen molar-refractivity contribution in [2.45, 2.75) is 11.9 Å².